The van der Waals surface area contributed by atoms with Gasteiger partial charge in [0.1, 0.15) is 5.75 Å². The summed E-state index contributed by atoms with van der Waals surface area (Å²) in [5.41, 5.74) is 3.30. The third-order valence-corrected chi connectivity index (χ3v) is 3.65. The standard InChI is InChI=1S/C19H23N3O3/c1-13-5-7-15(8-6-13)12-22(3)19(24)21-17-11-16(20-14(2)23)9-10-18(17)25-4/h5-11H,12H2,1-4H3,(H,20,23)(H,21,24). The van der Waals surface area contributed by atoms with Gasteiger partial charge in [0.05, 0.1) is 12.8 Å². The molecule has 2 aromatic carbocycles. The van der Waals surface area contributed by atoms with Crippen molar-refractivity contribution < 1.29 is 14.3 Å². The highest BCUT2D eigenvalue weighted by Gasteiger charge is 2.13. The summed E-state index contributed by atoms with van der Waals surface area (Å²) in [6.07, 6.45) is 0. The molecular formula is C19H23N3O3. The quantitative estimate of drug-likeness (QED) is 0.872. The fraction of sp³-hybridized carbons (Fsp3) is 0.263. The maximum absolute atomic E-state index is 12.5. The molecule has 0 aliphatic carbocycles. The number of anilines is 2. The molecule has 0 atom stereocenters. The Bertz CT molecular complexity index is 757. The van der Waals surface area contributed by atoms with Gasteiger partial charge < -0.3 is 20.3 Å². The van der Waals surface area contributed by atoms with Gasteiger partial charge in [-0.3, -0.25) is 4.79 Å². The number of hydrogen-bond acceptors (Lipinski definition) is 3. The molecule has 2 N–H and O–H groups in total. The largest absolute Gasteiger partial charge is 0.495 e. The number of aryl methyl sites for hydroxylation is 1. The number of rotatable bonds is 5. The molecule has 0 bridgehead atoms. The van der Waals surface area contributed by atoms with E-state index in [9.17, 15) is 9.59 Å². The van der Waals surface area contributed by atoms with Gasteiger partial charge in [0.15, 0.2) is 0 Å². The van der Waals surface area contributed by atoms with E-state index in [0.29, 0.717) is 23.7 Å². The van der Waals surface area contributed by atoms with Crippen molar-refractivity contribution in [3.63, 3.8) is 0 Å². The summed E-state index contributed by atoms with van der Waals surface area (Å²) >= 11 is 0. The molecule has 132 valence electrons. The normalized spacial score (nSPS) is 10.1. The van der Waals surface area contributed by atoms with E-state index in [2.05, 4.69) is 10.6 Å². The molecule has 0 saturated carbocycles. The number of nitrogens with one attached hydrogen (secondary N) is 2. The van der Waals surface area contributed by atoms with Crippen molar-refractivity contribution >= 4 is 23.3 Å². The number of carbonyl (C=O) groups excluding carboxylic acids is 2. The highest BCUT2D eigenvalue weighted by Crippen LogP contribution is 2.28. The second-order valence-corrected chi connectivity index (χ2v) is 5.87. The molecular weight excluding hydrogens is 318 g/mol. The second-order valence-electron chi connectivity index (χ2n) is 5.87. The van der Waals surface area contributed by atoms with E-state index < -0.39 is 0 Å². The molecule has 6 heteroatoms. The van der Waals surface area contributed by atoms with E-state index in [4.69, 9.17) is 4.74 Å². The van der Waals surface area contributed by atoms with Crippen molar-refractivity contribution in [1.29, 1.82) is 0 Å². The van der Waals surface area contributed by atoms with Gasteiger partial charge in [-0.25, -0.2) is 4.79 Å². The third-order valence-electron chi connectivity index (χ3n) is 3.65. The molecule has 0 heterocycles. The minimum Gasteiger partial charge on any atom is -0.495 e. The smallest absolute Gasteiger partial charge is 0.321 e. The molecule has 6 nitrogen and oxygen atoms in total. The zero-order chi connectivity index (χ0) is 18.4. The molecule has 2 aromatic rings. The number of urea groups is 1. The number of ether oxygens (including phenoxy) is 1. The highest BCUT2D eigenvalue weighted by atomic mass is 16.5. The van der Waals surface area contributed by atoms with Crippen LogP contribution in [0.15, 0.2) is 42.5 Å². The van der Waals surface area contributed by atoms with Gasteiger partial charge in [0.25, 0.3) is 0 Å². The van der Waals surface area contributed by atoms with E-state index >= 15 is 0 Å². The first-order valence-electron chi connectivity index (χ1n) is 7.92. The SMILES string of the molecule is COc1ccc(NC(C)=O)cc1NC(=O)N(C)Cc1ccc(C)cc1. The average molecular weight is 341 g/mol. The van der Waals surface area contributed by atoms with Crippen LogP contribution in [0.1, 0.15) is 18.1 Å². The Kier molecular flexibility index (Phi) is 6.00. The zero-order valence-corrected chi connectivity index (χ0v) is 14.9. The first-order chi connectivity index (χ1) is 11.9. The summed E-state index contributed by atoms with van der Waals surface area (Å²) in [7, 11) is 3.25. The van der Waals surface area contributed by atoms with Crippen LogP contribution in [0.25, 0.3) is 0 Å². The maximum atomic E-state index is 12.5. The van der Waals surface area contributed by atoms with Gasteiger partial charge in [0.2, 0.25) is 5.91 Å². The lowest BCUT2D eigenvalue weighted by atomic mass is 10.1. The van der Waals surface area contributed by atoms with E-state index in [1.807, 2.05) is 31.2 Å². The number of nitrogens with zero attached hydrogens (tertiary/aromatic N) is 1. The molecule has 0 spiro atoms. The first-order valence-corrected chi connectivity index (χ1v) is 7.92. The van der Waals surface area contributed by atoms with Crippen LogP contribution in [0.3, 0.4) is 0 Å². The van der Waals surface area contributed by atoms with Gasteiger partial charge in [-0.05, 0) is 30.7 Å². The number of amides is 3. The minimum atomic E-state index is -0.265. The molecule has 0 radical (unpaired) electrons. The molecule has 0 fully saturated rings. The topological polar surface area (TPSA) is 70.7 Å². The number of carbonyl (C=O) groups is 2. The maximum Gasteiger partial charge on any atom is 0.321 e. The monoisotopic (exact) mass is 341 g/mol. The second kappa shape index (κ2) is 8.19. The van der Waals surface area contributed by atoms with E-state index in [0.717, 1.165) is 5.56 Å². The summed E-state index contributed by atoms with van der Waals surface area (Å²) in [4.78, 5) is 25.2. The van der Waals surface area contributed by atoms with Crippen LogP contribution in [-0.2, 0) is 11.3 Å². The molecule has 2 rings (SSSR count). The van der Waals surface area contributed by atoms with Crippen molar-refractivity contribution in [3.05, 3.63) is 53.6 Å². The lowest BCUT2D eigenvalue weighted by Crippen LogP contribution is -2.31. The Balaban J connectivity index is 2.09. The van der Waals surface area contributed by atoms with Gasteiger partial charge in [-0.1, -0.05) is 29.8 Å². The molecule has 25 heavy (non-hydrogen) atoms. The Morgan fingerprint density at radius 3 is 2.36 bits per heavy atom. The van der Waals surface area contributed by atoms with Crippen LogP contribution >= 0.6 is 0 Å². The number of benzene rings is 2. The molecule has 0 aliphatic rings. The average Bonchev–Trinajstić information content (AvgIpc) is 2.56. The van der Waals surface area contributed by atoms with E-state index in [1.54, 1.807) is 30.1 Å². The number of hydrogen-bond donors (Lipinski definition) is 2. The van der Waals surface area contributed by atoms with E-state index in [-0.39, 0.29) is 11.9 Å². The Hall–Kier alpha value is -3.02. The summed E-state index contributed by atoms with van der Waals surface area (Å²) in [5.74, 6) is 0.338. The lowest BCUT2D eigenvalue weighted by molar-refractivity contribution is -0.114. The zero-order valence-electron chi connectivity index (χ0n) is 14.9. The molecule has 0 saturated heterocycles. The summed E-state index contributed by atoms with van der Waals surface area (Å²) < 4.78 is 5.27. The van der Waals surface area contributed by atoms with Crippen molar-refractivity contribution in [2.24, 2.45) is 0 Å². The van der Waals surface area contributed by atoms with Crippen LogP contribution < -0.4 is 15.4 Å². The van der Waals surface area contributed by atoms with Gasteiger partial charge >= 0.3 is 6.03 Å². The fourth-order valence-electron chi connectivity index (χ4n) is 2.34. The Morgan fingerprint density at radius 1 is 1.08 bits per heavy atom. The van der Waals surface area contributed by atoms with Crippen LogP contribution in [0.2, 0.25) is 0 Å². The predicted molar refractivity (Wildman–Crippen MR) is 99.0 cm³/mol. The van der Waals surface area contributed by atoms with Gasteiger partial charge in [-0.15, -0.1) is 0 Å². The predicted octanol–water partition coefficient (Wildman–Crippen LogP) is 3.63. The van der Waals surface area contributed by atoms with Crippen LogP contribution in [0, 0.1) is 6.92 Å². The van der Waals surface area contributed by atoms with Crippen molar-refractivity contribution in [3.8, 4) is 5.75 Å². The van der Waals surface area contributed by atoms with Crippen molar-refractivity contribution in [1.82, 2.24) is 4.90 Å². The summed E-state index contributed by atoms with van der Waals surface area (Å²) in [5, 5.41) is 5.50. The van der Waals surface area contributed by atoms with E-state index in [1.165, 1.54) is 19.6 Å². The number of methoxy groups -OCH3 is 1. The molecule has 0 aliphatic heterocycles. The van der Waals surface area contributed by atoms with Crippen molar-refractivity contribution in [2.45, 2.75) is 20.4 Å². The summed E-state index contributed by atoms with van der Waals surface area (Å²) in [6, 6.07) is 12.8. The van der Waals surface area contributed by atoms with Gasteiger partial charge in [0, 0.05) is 26.2 Å². The molecule has 3 amide bonds. The molecule has 0 aromatic heterocycles. The minimum absolute atomic E-state index is 0.182. The van der Waals surface area contributed by atoms with Crippen LogP contribution in [0.4, 0.5) is 16.2 Å². The Labute approximate surface area is 147 Å². The molecule has 0 unspecified atom stereocenters. The highest BCUT2D eigenvalue weighted by molar-refractivity contribution is 5.94. The summed E-state index contributed by atoms with van der Waals surface area (Å²) in [6.45, 7) is 3.94. The van der Waals surface area contributed by atoms with Crippen molar-refractivity contribution in [2.75, 3.05) is 24.8 Å². The van der Waals surface area contributed by atoms with Gasteiger partial charge in [-0.2, -0.15) is 0 Å². The third kappa shape index (κ3) is 5.24. The first kappa shape index (κ1) is 18.3. The lowest BCUT2D eigenvalue weighted by Gasteiger charge is -2.19. The Morgan fingerprint density at radius 2 is 1.76 bits per heavy atom. The van der Waals surface area contributed by atoms with Crippen LogP contribution in [-0.4, -0.2) is 31.0 Å². The van der Waals surface area contributed by atoms with Crippen LogP contribution in [0.5, 0.6) is 5.75 Å². The fourth-order valence-corrected chi connectivity index (χ4v) is 2.34.